The Morgan fingerprint density at radius 1 is 1.28 bits per heavy atom. The second kappa shape index (κ2) is 12.7. The number of hydrogen-bond acceptors (Lipinski definition) is 7. The number of anilines is 1. The van der Waals surface area contributed by atoms with Crippen LogP contribution in [0.25, 0.3) is 0 Å². The number of nitrogens with one attached hydrogen (secondary N) is 2. The number of aromatic nitrogens is 2. The number of ether oxygens (including phenoxy) is 1. The van der Waals surface area contributed by atoms with E-state index in [1.165, 1.54) is 6.42 Å². The fourth-order valence-corrected chi connectivity index (χ4v) is 5.54. The Balaban J connectivity index is 1.87. The summed E-state index contributed by atoms with van der Waals surface area (Å²) in [6, 6.07) is 0.0215. The summed E-state index contributed by atoms with van der Waals surface area (Å²) < 4.78 is 5.19. The van der Waals surface area contributed by atoms with Crippen LogP contribution >= 0.6 is 0 Å². The highest BCUT2D eigenvalue weighted by molar-refractivity contribution is 5.98. The van der Waals surface area contributed by atoms with Gasteiger partial charge in [0.15, 0.2) is 0 Å². The molecule has 0 bridgehead atoms. The summed E-state index contributed by atoms with van der Waals surface area (Å²) in [5.74, 6) is 1.74. The molecule has 3 N–H and O–H groups in total. The summed E-state index contributed by atoms with van der Waals surface area (Å²) in [5, 5.41) is 18.4. The van der Waals surface area contributed by atoms with Gasteiger partial charge in [-0.15, -0.1) is 0 Å². The minimum Gasteiger partial charge on any atom is -0.390 e. The van der Waals surface area contributed by atoms with Gasteiger partial charge in [0.25, 0.3) is 5.91 Å². The average molecular weight is 504 g/mol. The number of aliphatic hydroxyl groups is 1. The minimum atomic E-state index is -0.623. The van der Waals surface area contributed by atoms with Crippen molar-refractivity contribution in [3.63, 3.8) is 0 Å². The van der Waals surface area contributed by atoms with Gasteiger partial charge in [-0.3, -0.25) is 4.79 Å². The summed E-state index contributed by atoms with van der Waals surface area (Å²) in [6.45, 7) is 14.0. The van der Waals surface area contributed by atoms with Crippen molar-refractivity contribution >= 4 is 11.7 Å². The van der Waals surface area contributed by atoms with E-state index in [1.54, 1.807) is 13.3 Å². The summed E-state index contributed by atoms with van der Waals surface area (Å²) in [6.07, 6.45) is 8.44. The zero-order valence-electron chi connectivity index (χ0n) is 23.4. The fraction of sp³-hybridized carbons (Fsp3) is 0.821. The van der Waals surface area contributed by atoms with Gasteiger partial charge in [-0.1, -0.05) is 53.9 Å². The van der Waals surface area contributed by atoms with Crippen LogP contribution in [0, 0.1) is 11.8 Å². The van der Waals surface area contributed by atoms with Gasteiger partial charge < -0.3 is 25.4 Å². The maximum Gasteiger partial charge on any atom is 0.259 e. The first-order chi connectivity index (χ1) is 17.0. The third-order valence-electron chi connectivity index (χ3n) is 7.58. The molecule has 2 fully saturated rings. The van der Waals surface area contributed by atoms with E-state index in [0.29, 0.717) is 42.8 Å². The Morgan fingerprint density at radius 3 is 2.64 bits per heavy atom. The first-order valence-corrected chi connectivity index (χ1v) is 13.9. The molecule has 0 spiro atoms. The van der Waals surface area contributed by atoms with Crippen molar-refractivity contribution in [2.75, 3.05) is 45.2 Å². The van der Waals surface area contributed by atoms with Crippen LogP contribution in [0.1, 0.15) is 95.7 Å². The van der Waals surface area contributed by atoms with Crippen molar-refractivity contribution < 1.29 is 14.6 Å². The van der Waals surface area contributed by atoms with Gasteiger partial charge in [-0.25, -0.2) is 9.97 Å². The molecular weight excluding hydrogens is 454 g/mol. The number of amides is 1. The van der Waals surface area contributed by atoms with E-state index >= 15 is 0 Å². The summed E-state index contributed by atoms with van der Waals surface area (Å²) >= 11 is 0. The lowest BCUT2D eigenvalue weighted by Gasteiger charge is -2.46. The van der Waals surface area contributed by atoms with Gasteiger partial charge in [0.1, 0.15) is 17.2 Å². The summed E-state index contributed by atoms with van der Waals surface area (Å²) in [7, 11) is 1.69. The molecule has 0 radical (unpaired) electrons. The monoisotopic (exact) mass is 503 g/mol. The van der Waals surface area contributed by atoms with Gasteiger partial charge in [-0.2, -0.15) is 0 Å². The number of methoxy groups -OCH3 is 1. The largest absolute Gasteiger partial charge is 0.390 e. The Bertz CT molecular complexity index is 848. The highest BCUT2D eigenvalue weighted by Crippen LogP contribution is 2.38. The van der Waals surface area contributed by atoms with Crippen LogP contribution in [0.2, 0.25) is 0 Å². The minimum absolute atomic E-state index is 0.0215. The van der Waals surface area contributed by atoms with Crippen molar-refractivity contribution in [1.29, 1.82) is 0 Å². The van der Waals surface area contributed by atoms with Crippen LogP contribution in [0.5, 0.6) is 0 Å². The maximum atomic E-state index is 14.1. The molecule has 204 valence electrons. The van der Waals surface area contributed by atoms with Crippen molar-refractivity contribution in [1.82, 2.24) is 20.2 Å². The number of carbonyl (C=O) groups excluding carboxylic acids is 1. The van der Waals surface area contributed by atoms with Crippen LogP contribution < -0.4 is 10.6 Å². The number of hydrogen-bond donors (Lipinski definition) is 3. The first kappa shape index (κ1) is 28.8. The molecular formula is C28H49N5O3. The lowest BCUT2D eigenvalue weighted by atomic mass is 9.72. The molecule has 8 nitrogen and oxygen atoms in total. The highest BCUT2D eigenvalue weighted by Gasteiger charge is 2.42. The maximum absolute atomic E-state index is 14.1. The van der Waals surface area contributed by atoms with Gasteiger partial charge in [0, 0.05) is 63.5 Å². The van der Waals surface area contributed by atoms with Crippen LogP contribution in [0.4, 0.5) is 5.82 Å². The Morgan fingerprint density at radius 2 is 2.00 bits per heavy atom. The van der Waals surface area contributed by atoms with Crippen molar-refractivity contribution in [2.45, 2.75) is 96.6 Å². The molecule has 0 aromatic carbocycles. The molecule has 2 heterocycles. The molecule has 1 aliphatic carbocycles. The van der Waals surface area contributed by atoms with E-state index in [1.807, 2.05) is 4.90 Å². The van der Waals surface area contributed by atoms with E-state index in [9.17, 15) is 9.90 Å². The Kier molecular flexibility index (Phi) is 10.1. The topological polar surface area (TPSA) is 99.6 Å². The van der Waals surface area contributed by atoms with E-state index in [2.05, 4.69) is 50.2 Å². The molecule has 1 amide bonds. The van der Waals surface area contributed by atoms with Crippen LogP contribution in [-0.2, 0) is 10.2 Å². The van der Waals surface area contributed by atoms with E-state index in [0.717, 1.165) is 51.6 Å². The SMILES string of the molecule is COCCCNc1nc(C(C)(C)C)ncc1C(=O)N(CC(C)C)[C@@H]1CNC[C@H](C2(O)CCCCC2)C1. The normalized spacial score (nSPS) is 22.4. The van der Waals surface area contributed by atoms with Gasteiger partial charge in [-0.05, 0) is 31.6 Å². The lowest BCUT2D eigenvalue weighted by molar-refractivity contribution is -0.0656. The first-order valence-electron chi connectivity index (χ1n) is 13.9. The molecule has 1 aromatic heterocycles. The molecule has 36 heavy (non-hydrogen) atoms. The van der Waals surface area contributed by atoms with E-state index in [-0.39, 0.29) is 23.3 Å². The van der Waals surface area contributed by atoms with Gasteiger partial charge in [0.2, 0.25) is 0 Å². The molecule has 1 saturated carbocycles. The third kappa shape index (κ3) is 7.39. The zero-order chi connectivity index (χ0) is 26.3. The molecule has 1 aromatic rings. The summed E-state index contributed by atoms with van der Waals surface area (Å²) in [4.78, 5) is 25.5. The van der Waals surface area contributed by atoms with Crippen LogP contribution in [-0.4, -0.2) is 77.4 Å². The van der Waals surface area contributed by atoms with Crippen LogP contribution in [0.15, 0.2) is 6.20 Å². The Hall–Kier alpha value is -1.77. The van der Waals surface area contributed by atoms with Gasteiger partial charge in [0.05, 0.1) is 5.60 Å². The smallest absolute Gasteiger partial charge is 0.259 e. The summed E-state index contributed by atoms with van der Waals surface area (Å²) in [5.41, 5.74) is -0.334. The number of rotatable bonds is 10. The number of carbonyl (C=O) groups is 1. The quantitative estimate of drug-likeness (QED) is 0.415. The van der Waals surface area contributed by atoms with Crippen molar-refractivity contribution in [2.24, 2.45) is 11.8 Å². The van der Waals surface area contributed by atoms with E-state index < -0.39 is 5.60 Å². The molecule has 2 aliphatic rings. The third-order valence-corrected chi connectivity index (χ3v) is 7.58. The van der Waals surface area contributed by atoms with E-state index in [4.69, 9.17) is 9.72 Å². The molecule has 3 rings (SSSR count). The Labute approximate surface area is 218 Å². The van der Waals surface area contributed by atoms with Crippen molar-refractivity contribution in [3.05, 3.63) is 17.6 Å². The average Bonchev–Trinajstić information content (AvgIpc) is 2.84. The number of nitrogens with zero attached hydrogens (tertiary/aromatic N) is 3. The second-order valence-electron chi connectivity index (χ2n) is 12.2. The molecule has 1 aliphatic heterocycles. The fourth-order valence-electron chi connectivity index (χ4n) is 5.54. The number of piperidine rings is 1. The highest BCUT2D eigenvalue weighted by atomic mass is 16.5. The molecule has 2 atom stereocenters. The van der Waals surface area contributed by atoms with Crippen molar-refractivity contribution in [3.8, 4) is 0 Å². The van der Waals surface area contributed by atoms with Crippen LogP contribution in [0.3, 0.4) is 0 Å². The lowest BCUT2D eigenvalue weighted by Crippen LogP contribution is -2.57. The molecule has 8 heteroatoms. The van der Waals surface area contributed by atoms with Gasteiger partial charge >= 0.3 is 0 Å². The predicted molar refractivity (Wildman–Crippen MR) is 144 cm³/mol. The zero-order valence-corrected chi connectivity index (χ0v) is 23.4. The molecule has 1 saturated heterocycles. The second-order valence-corrected chi connectivity index (χ2v) is 12.2. The standard InChI is InChI=1S/C28H49N5O3/c1-20(2)19-33(22-15-21(16-29-17-22)28(35)11-8-7-9-12-28)25(34)23-18-31-26(27(3,4)5)32-24(23)30-13-10-14-36-6/h18,20-22,29,35H,7-17,19H2,1-6H3,(H,30,31,32)/t21-,22+/m1/s1. The predicted octanol–water partition coefficient (Wildman–Crippen LogP) is 3.99. The molecule has 0 unspecified atom stereocenters.